The van der Waals surface area contributed by atoms with Crippen LogP contribution in [0.5, 0.6) is 0 Å². The maximum atomic E-state index is 14.0. The molecule has 1 rings (SSSR count). The van der Waals surface area contributed by atoms with Gasteiger partial charge < -0.3 is 10.2 Å². The number of benzene rings is 1. The van der Waals surface area contributed by atoms with Gasteiger partial charge in [-0.2, -0.15) is 0 Å². The number of hydrogen-bond acceptors (Lipinski definition) is 4. The molecule has 0 unspecified atom stereocenters. The van der Waals surface area contributed by atoms with Crippen molar-refractivity contribution in [2.75, 3.05) is 33.7 Å². The first-order valence-corrected chi connectivity index (χ1v) is 8.48. The van der Waals surface area contributed by atoms with Gasteiger partial charge in [-0.15, -0.1) is 0 Å². The fourth-order valence-corrected chi connectivity index (χ4v) is 2.84. The fraction of sp³-hybridized carbons (Fsp3) is 0.571. The minimum atomic E-state index is -3.80. The van der Waals surface area contributed by atoms with Crippen molar-refractivity contribution in [2.45, 2.75) is 24.8 Å². The Bertz CT molecular complexity index is 547. The van der Waals surface area contributed by atoms with Gasteiger partial charge in [-0.05, 0) is 44.8 Å². The molecule has 0 radical (unpaired) electrons. The molecule has 2 N–H and O–H groups in total. The second kappa shape index (κ2) is 8.43. The number of sulfonamides is 1. The Hall–Kier alpha value is -1.02. The van der Waals surface area contributed by atoms with Gasteiger partial charge in [0.05, 0.1) is 0 Å². The first-order valence-electron chi connectivity index (χ1n) is 7.00. The molecular formula is C14H24FN3O2S. The van der Waals surface area contributed by atoms with E-state index >= 15 is 0 Å². The van der Waals surface area contributed by atoms with Crippen molar-refractivity contribution in [1.29, 1.82) is 0 Å². The molecule has 0 heterocycles. The van der Waals surface area contributed by atoms with Crippen LogP contribution in [0.2, 0.25) is 0 Å². The molecule has 120 valence electrons. The fourth-order valence-electron chi connectivity index (χ4n) is 1.76. The lowest BCUT2D eigenvalue weighted by Gasteiger charge is -2.12. The van der Waals surface area contributed by atoms with Crippen molar-refractivity contribution in [3.63, 3.8) is 0 Å². The summed E-state index contributed by atoms with van der Waals surface area (Å²) in [4.78, 5) is 1.54. The van der Waals surface area contributed by atoms with E-state index in [0.29, 0.717) is 13.1 Å². The topological polar surface area (TPSA) is 61.4 Å². The van der Waals surface area contributed by atoms with Gasteiger partial charge in [0.15, 0.2) is 0 Å². The lowest BCUT2D eigenvalue weighted by atomic mass is 10.2. The highest BCUT2D eigenvalue weighted by Crippen LogP contribution is 2.16. The lowest BCUT2D eigenvalue weighted by Crippen LogP contribution is -2.31. The van der Waals surface area contributed by atoms with Crippen LogP contribution in [0, 0.1) is 5.82 Å². The molecular weight excluding hydrogens is 293 g/mol. The monoisotopic (exact) mass is 317 g/mol. The summed E-state index contributed by atoms with van der Waals surface area (Å²) in [6.07, 6.45) is 0.991. The van der Waals surface area contributed by atoms with Gasteiger partial charge in [0.2, 0.25) is 10.0 Å². The third-order valence-electron chi connectivity index (χ3n) is 2.89. The van der Waals surface area contributed by atoms with Crippen LogP contribution in [0.25, 0.3) is 0 Å². The Morgan fingerprint density at radius 2 is 1.95 bits per heavy atom. The first-order chi connectivity index (χ1) is 9.86. The van der Waals surface area contributed by atoms with Crippen LogP contribution in [0.3, 0.4) is 0 Å². The quantitative estimate of drug-likeness (QED) is 0.671. The molecule has 0 aromatic heterocycles. The third kappa shape index (κ3) is 6.09. The summed E-state index contributed by atoms with van der Waals surface area (Å²) in [5, 5.41) is 3.15. The van der Waals surface area contributed by atoms with Crippen molar-refractivity contribution >= 4 is 10.0 Å². The number of nitrogens with zero attached hydrogens (tertiary/aromatic N) is 1. The highest BCUT2D eigenvalue weighted by molar-refractivity contribution is 7.89. The number of rotatable bonds is 9. The standard InChI is InChI=1S/C14H24FN3O2S/c1-4-7-16-11-12-5-6-14(13(15)10-12)21(19,20)17-8-9-18(2)3/h5-6,10,16-17H,4,7-9,11H2,1-3H3. The average Bonchev–Trinajstić information content (AvgIpc) is 2.38. The smallest absolute Gasteiger partial charge is 0.243 e. The van der Waals surface area contributed by atoms with Gasteiger partial charge in [-0.25, -0.2) is 17.5 Å². The van der Waals surface area contributed by atoms with Crippen LogP contribution in [0.15, 0.2) is 23.1 Å². The van der Waals surface area contributed by atoms with Crippen LogP contribution >= 0.6 is 0 Å². The van der Waals surface area contributed by atoms with Crippen molar-refractivity contribution in [1.82, 2.24) is 14.9 Å². The summed E-state index contributed by atoms with van der Waals surface area (Å²) >= 11 is 0. The molecule has 21 heavy (non-hydrogen) atoms. The summed E-state index contributed by atoms with van der Waals surface area (Å²) in [5.74, 6) is -0.719. The molecule has 0 spiro atoms. The lowest BCUT2D eigenvalue weighted by molar-refractivity contribution is 0.412. The second-order valence-corrected chi connectivity index (χ2v) is 6.88. The number of nitrogens with one attached hydrogen (secondary N) is 2. The Morgan fingerprint density at radius 1 is 1.24 bits per heavy atom. The van der Waals surface area contributed by atoms with E-state index in [2.05, 4.69) is 10.0 Å². The van der Waals surface area contributed by atoms with Gasteiger partial charge in [0.1, 0.15) is 10.7 Å². The minimum absolute atomic E-state index is 0.245. The molecule has 0 aliphatic heterocycles. The highest BCUT2D eigenvalue weighted by atomic mass is 32.2. The molecule has 0 amide bonds. The number of halogens is 1. The average molecular weight is 317 g/mol. The molecule has 0 aliphatic rings. The van der Waals surface area contributed by atoms with Crippen LogP contribution in [-0.2, 0) is 16.6 Å². The van der Waals surface area contributed by atoms with E-state index in [1.54, 1.807) is 6.07 Å². The first kappa shape index (κ1) is 18.0. The third-order valence-corrected chi connectivity index (χ3v) is 4.39. The van der Waals surface area contributed by atoms with E-state index in [4.69, 9.17) is 0 Å². The van der Waals surface area contributed by atoms with Gasteiger partial charge in [-0.3, -0.25) is 0 Å². The van der Waals surface area contributed by atoms with Crippen molar-refractivity contribution in [3.05, 3.63) is 29.6 Å². The molecule has 0 bridgehead atoms. The molecule has 0 atom stereocenters. The van der Waals surface area contributed by atoms with Crippen LogP contribution in [-0.4, -0.2) is 47.0 Å². The van der Waals surface area contributed by atoms with Crippen LogP contribution < -0.4 is 10.0 Å². The molecule has 0 saturated carbocycles. The molecule has 5 nitrogen and oxygen atoms in total. The van der Waals surface area contributed by atoms with Gasteiger partial charge >= 0.3 is 0 Å². The van der Waals surface area contributed by atoms with Crippen molar-refractivity contribution in [3.8, 4) is 0 Å². The van der Waals surface area contributed by atoms with Gasteiger partial charge in [0, 0.05) is 19.6 Å². The molecule has 0 fully saturated rings. The van der Waals surface area contributed by atoms with E-state index in [0.717, 1.165) is 18.5 Å². The SMILES string of the molecule is CCCNCc1ccc(S(=O)(=O)NCCN(C)C)c(F)c1. The predicted octanol–water partition coefficient (Wildman–Crippen LogP) is 1.17. The maximum Gasteiger partial charge on any atom is 0.243 e. The largest absolute Gasteiger partial charge is 0.313 e. The molecule has 0 aliphatic carbocycles. The molecule has 0 saturated heterocycles. The molecule has 1 aromatic carbocycles. The Morgan fingerprint density at radius 3 is 2.52 bits per heavy atom. The zero-order valence-electron chi connectivity index (χ0n) is 12.8. The molecule has 1 aromatic rings. The van der Waals surface area contributed by atoms with Crippen molar-refractivity contribution in [2.24, 2.45) is 0 Å². The Labute approximate surface area is 126 Å². The van der Waals surface area contributed by atoms with Crippen LogP contribution in [0.4, 0.5) is 4.39 Å². The number of likely N-dealkylation sites (N-methyl/N-ethyl adjacent to an activating group) is 1. The van der Waals surface area contributed by atoms with Crippen molar-refractivity contribution < 1.29 is 12.8 Å². The summed E-state index contributed by atoms with van der Waals surface area (Å²) in [6.45, 7) is 4.21. The summed E-state index contributed by atoms with van der Waals surface area (Å²) in [7, 11) is -0.120. The maximum absolute atomic E-state index is 14.0. The van der Waals surface area contributed by atoms with E-state index in [-0.39, 0.29) is 11.4 Å². The zero-order chi connectivity index (χ0) is 15.9. The second-order valence-electron chi connectivity index (χ2n) is 5.14. The normalized spacial score (nSPS) is 12.0. The van der Waals surface area contributed by atoms with E-state index < -0.39 is 15.8 Å². The van der Waals surface area contributed by atoms with Crippen LogP contribution in [0.1, 0.15) is 18.9 Å². The predicted molar refractivity (Wildman–Crippen MR) is 82.1 cm³/mol. The summed E-state index contributed by atoms with van der Waals surface area (Å²) < 4.78 is 40.4. The Balaban J connectivity index is 2.74. The van der Waals surface area contributed by atoms with E-state index in [1.165, 1.54) is 12.1 Å². The van der Waals surface area contributed by atoms with Gasteiger partial charge in [-0.1, -0.05) is 13.0 Å². The Kier molecular flexibility index (Phi) is 7.24. The summed E-state index contributed by atoms with van der Waals surface area (Å²) in [5.41, 5.74) is 0.730. The molecule has 7 heteroatoms. The minimum Gasteiger partial charge on any atom is -0.313 e. The van der Waals surface area contributed by atoms with E-state index in [9.17, 15) is 12.8 Å². The zero-order valence-corrected chi connectivity index (χ0v) is 13.6. The number of hydrogen-bond donors (Lipinski definition) is 2. The van der Waals surface area contributed by atoms with Gasteiger partial charge in [0.25, 0.3) is 0 Å². The highest BCUT2D eigenvalue weighted by Gasteiger charge is 2.18. The summed E-state index contributed by atoms with van der Waals surface area (Å²) in [6, 6.07) is 4.21. The van der Waals surface area contributed by atoms with E-state index in [1.807, 2.05) is 25.9 Å².